The Morgan fingerprint density at radius 2 is 2.12 bits per heavy atom. The highest BCUT2D eigenvalue weighted by Gasteiger charge is 2.08. The quantitative estimate of drug-likeness (QED) is 0.850. The van der Waals surface area contributed by atoms with Gasteiger partial charge in [0, 0.05) is 24.8 Å². The van der Waals surface area contributed by atoms with Gasteiger partial charge in [-0.2, -0.15) is 0 Å². The summed E-state index contributed by atoms with van der Waals surface area (Å²) in [6.45, 7) is 0. The summed E-state index contributed by atoms with van der Waals surface area (Å²) in [5, 5.41) is 2.76. The summed E-state index contributed by atoms with van der Waals surface area (Å²) in [6.07, 6.45) is 3.26. The fraction of sp³-hybridized carbons (Fsp3) is 0.167. The Bertz CT molecular complexity index is 519. The van der Waals surface area contributed by atoms with Crippen LogP contribution < -0.4 is 5.32 Å². The van der Waals surface area contributed by atoms with E-state index in [1.807, 2.05) is 31.3 Å². The summed E-state index contributed by atoms with van der Waals surface area (Å²) in [7, 11) is 1.82. The number of benzene rings is 1. The van der Waals surface area contributed by atoms with Crippen LogP contribution in [0, 0.1) is 0 Å². The highest BCUT2D eigenvalue weighted by molar-refractivity contribution is 6.17. The van der Waals surface area contributed by atoms with Crippen molar-refractivity contribution in [3.05, 3.63) is 48.0 Å². The first-order valence-corrected chi connectivity index (χ1v) is 5.66. The zero-order valence-electron chi connectivity index (χ0n) is 9.35. The fourth-order valence-electron chi connectivity index (χ4n) is 1.40. The third-order valence-electron chi connectivity index (χ3n) is 2.30. The number of halogens is 1. The van der Waals surface area contributed by atoms with Crippen LogP contribution >= 0.6 is 11.6 Å². The molecule has 2 aromatic rings. The number of rotatable bonds is 3. The number of aromatic nitrogens is 2. The lowest BCUT2D eigenvalue weighted by Crippen LogP contribution is -2.12. The summed E-state index contributed by atoms with van der Waals surface area (Å²) in [5.74, 6) is 0.248. The average molecular weight is 250 g/mol. The number of carbonyl (C=O) groups is 1. The Balaban J connectivity index is 2.07. The molecule has 0 aliphatic carbocycles. The monoisotopic (exact) mass is 249 g/mol. The molecule has 0 aliphatic heterocycles. The van der Waals surface area contributed by atoms with Gasteiger partial charge < -0.3 is 9.88 Å². The first-order chi connectivity index (χ1) is 8.19. The summed E-state index contributed by atoms with van der Waals surface area (Å²) in [4.78, 5) is 15.7. The van der Waals surface area contributed by atoms with E-state index in [2.05, 4.69) is 10.3 Å². The molecule has 0 bridgehead atoms. The Morgan fingerprint density at radius 3 is 2.65 bits per heavy atom. The smallest absolute Gasteiger partial charge is 0.275 e. The van der Waals surface area contributed by atoms with Gasteiger partial charge in [-0.05, 0) is 17.7 Å². The van der Waals surface area contributed by atoms with Crippen LogP contribution in [0.25, 0.3) is 0 Å². The molecule has 1 aromatic carbocycles. The summed E-state index contributed by atoms with van der Waals surface area (Å²) < 4.78 is 1.73. The lowest BCUT2D eigenvalue weighted by atomic mass is 10.2. The van der Waals surface area contributed by atoms with E-state index in [0.29, 0.717) is 11.6 Å². The van der Waals surface area contributed by atoms with Crippen LogP contribution in [0.2, 0.25) is 0 Å². The van der Waals surface area contributed by atoms with Crippen molar-refractivity contribution >= 4 is 23.2 Å². The van der Waals surface area contributed by atoms with Gasteiger partial charge in [-0.3, -0.25) is 4.79 Å². The van der Waals surface area contributed by atoms with Crippen molar-refractivity contribution in [3.8, 4) is 0 Å². The van der Waals surface area contributed by atoms with E-state index < -0.39 is 0 Å². The summed E-state index contributed by atoms with van der Waals surface area (Å²) in [6, 6.07) is 7.39. The van der Waals surface area contributed by atoms with Gasteiger partial charge in [0.15, 0.2) is 0 Å². The number of hydrogen-bond acceptors (Lipinski definition) is 2. The largest absolute Gasteiger partial charge is 0.340 e. The third-order valence-corrected chi connectivity index (χ3v) is 2.61. The minimum absolute atomic E-state index is 0.218. The van der Waals surface area contributed by atoms with Crippen molar-refractivity contribution in [2.45, 2.75) is 5.88 Å². The van der Waals surface area contributed by atoms with Gasteiger partial charge in [-0.25, -0.2) is 4.98 Å². The zero-order chi connectivity index (χ0) is 12.3. The van der Waals surface area contributed by atoms with Crippen molar-refractivity contribution < 1.29 is 4.79 Å². The molecule has 1 aromatic heterocycles. The molecule has 0 fully saturated rings. The van der Waals surface area contributed by atoms with Gasteiger partial charge in [0.25, 0.3) is 5.91 Å². The SMILES string of the molecule is Cn1cnc(C(=O)Nc2ccc(CCl)cc2)c1. The number of hydrogen-bond donors (Lipinski definition) is 1. The predicted octanol–water partition coefficient (Wildman–Crippen LogP) is 2.41. The molecule has 0 saturated carbocycles. The Morgan fingerprint density at radius 1 is 1.41 bits per heavy atom. The second-order valence-electron chi connectivity index (χ2n) is 3.71. The van der Waals surface area contributed by atoms with Crippen LogP contribution in [0.4, 0.5) is 5.69 Å². The molecule has 0 aliphatic rings. The van der Waals surface area contributed by atoms with Gasteiger partial charge in [-0.1, -0.05) is 12.1 Å². The second kappa shape index (κ2) is 5.01. The van der Waals surface area contributed by atoms with Gasteiger partial charge in [0.1, 0.15) is 5.69 Å². The number of nitrogens with zero attached hydrogens (tertiary/aromatic N) is 2. The molecule has 0 spiro atoms. The lowest BCUT2D eigenvalue weighted by molar-refractivity contribution is 0.102. The van der Waals surface area contributed by atoms with E-state index in [9.17, 15) is 4.79 Å². The second-order valence-corrected chi connectivity index (χ2v) is 3.98. The maximum Gasteiger partial charge on any atom is 0.275 e. The van der Waals surface area contributed by atoms with E-state index in [-0.39, 0.29) is 5.91 Å². The Labute approximate surface area is 104 Å². The molecule has 0 saturated heterocycles. The lowest BCUT2D eigenvalue weighted by Gasteiger charge is -2.03. The first-order valence-electron chi connectivity index (χ1n) is 5.13. The van der Waals surface area contributed by atoms with Crippen LogP contribution in [-0.2, 0) is 12.9 Å². The first kappa shape index (κ1) is 11.7. The predicted molar refractivity (Wildman–Crippen MR) is 67.2 cm³/mol. The van der Waals surface area contributed by atoms with Crippen LogP contribution in [0.3, 0.4) is 0 Å². The van der Waals surface area contributed by atoms with Crippen LogP contribution in [0.5, 0.6) is 0 Å². The molecule has 1 heterocycles. The number of alkyl halides is 1. The molecule has 5 heteroatoms. The van der Waals surface area contributed by atoms with Crippen molar-refractivity contribution in [1.82, 2.24) is 9.55 Å². The normalized spacial score (nSPS) is 10.2. The maximum atomic E-state index is 11.8. The summed E-state index contributed by atoms with van der Waals surface area (Å²) >= 11 is 5.68. The van der Waals surface area contributed by atoms with Crippen LogP contribution in [0.1, 0.15) is 16.1 Å². The minimum Gasteiger partial charge on any atom is -0.340 e. The average Bonchev–Trinajstić information content (AvgIpc) is 2.77. The zero-order valence-corrected chi connectivity index (χ0v) is 10.1. The standard InChI is InChI=1S/C12H12ClN3O/c1-16-7-11(14-8-16)12(17)15-10-4-2-9(6-13)3-5-10/h2-5,7-8H,6H2,1H3,(H,15,17). The number of carbonyl (C=O) groups excluding carboxylic acids is 1. The molecule has 17 heavy (non-hydrogen) atoms. The number of aryl methyl sites for hydroxylation is 1. The molecule has 1 N–H and O–H groups in total. The van der Waals surface area contributed by atoms with E-state index in [0.717, 1.165) is 11.3 Å². The number of amides is 1. The van der Waals surface area contributed by atoms with Crippen LogP contribution in [0.15, 0.2) is 36.8 Å². The van der Waals surface area contributed by atoms with E-state index >= 15 is 0 Å². The molecule has 0 atom stereocenters. The van der Waals surface area contributed by atoms with Gasteiger partial charge in [0.2, 0.25) is 0 Å². The highest BCUT2D eigenvalue weighted by Crippen LogP contribution is 2.12. The molecule has 4 nitrogen and oxygen atoms in total. The number of anilines is 1. The van der Waals surface area contributed by atoms with Crippen molar-refractivity contribution in [3.63, 3.8) is 0 Å². The topological polar surface area (TPSA) is 46.9 Å². The van der Waals surface area contributed by atoms with Crippen LogP contribution in [-0.4, -0.2) is 15.5 Å². The van der Waals surface area contributed by atoms with Gasteiger partial charge in [0.05, 0.1) is 6.33 Å². The molecular formula is C12H12ClN3O. The molecule has 88 valence electrons. The van der Waals surface area contributed by atoms with Crippen molar-refractivity contribution in [2.75, 3.05) is 5.32 Å². The summed E-state index contributed by atoms with van der Waals surface area (Å²) in [5.41, 5.74) is 2.14. The number of imidazole rings is 1. The number of nitrogens with one attached hydrogen (secondary N) is 1. The van der Waals surface area contributed by atoms with E-state index in [4.69, 9.17) is 11.6 Å². The van der Waals surface area contributed by atoms with Gasteiger partial charge in [-0.15, -0.1) is 11.6 Å². The third kappa shape index (κ3) is 2.85. The van der Waals surface area contributed by atoms with E-state index in [1.54, 1.807) is 17.1 Å². The molecule has 0 unspecified atom stereocenters. The Kier molecular flexibility index (Phi) is 3.44. The minimum atomic E-state index is -0.218. The fourth-order valence-corrected chi connectivity index (χ4v) is 1.58. The molecular weight excluding hydrogens is 238 g/mol. The van der Waals surface area contributed by atoms with Crippen molar-refractivity contribution in [1.29, 1.82) is 0 Å². The van der Waals surface area contributed by atoms with E-state index in [1.165, 1.54) is 0 Å². The molecule has 1 amide bonds. The van der Waals surface area contributed by atoms with Gasteiger partial charge >= 0.3 is 0 Å². The highest BCUT2D eigenvalue weighted by atomic mass is 35.5. The molecule has 2 rings (SSSR count). The molecule has 0 radical (unpaired) electrons. The van der Waals surface area contributed by atoms with Crippen molar-refractivity contribution in [2.24, 2.45) is 7.05 Å². The maximum absolute atomic E-state index is 11.8. The Hall–Kier alpha value is -1.81.